The number of carboxylic acid groups (broad SMARTS) is 1. The molecular weight excluding hydrogens is 194 g/mol. The van der Waals surface area contributed by atoms with E-state index in [0.717, 1.165) is 0 Å². The molecule has 0 aromatic heterocycles. The molecule has 0 aliphatic carbocycles. The molecule has 0 bridgehead atoms. The second-order valence-electron chi connectivity index (χ2n) is 3.08. The zero-order chi connectivity index (χ0) is 10.7. The first-order valence-corrected chi connectivity index (χ1v) is 4.13. The fourth-order valence-corrected chi connectivity index (χ4v) is 1.17. The smallest absolute Gasteiger partial charge is 0.317 e. The molecule has 1 fully saturated rings. The minimum atomic E-state index is -1.34. The molecule has 82 valence electrons. The number of aliphatic hydroxyl groups is 3. The number of ether oxygens (including phenoxy) is 1. The normalized spacial score (nSPS) is 38.2. The quantitative estimate of drug-likeness (QED) is 0.337. The Bertz CT molecular complexity index is 210. The van der Waals surface area contributed by atoms with Crippen molar-refractivity contribution >= 4 is 5.97 Å². The predicted molar refractivity (Wildman–Crippen MR) is 43.4 cm³/mol. The van der Waals surface area contributed by atoms with Gasteiger partial charge in [-0.1, -0.05) is 0 Å². The van der Waals surface area contributed by atoms with E-state index in [9.17, 15) is 15.0 Å². The van der Waals surface area contributed by atoms with Crippen LogP contribution in [0.15, 0.2) is 0 Å². The van der Waals surface area contributed by atoms with Crippen LogP contribution >= 0.6 is 0 Å². The molecule has 1 rings (SSSR count). The topological polar surface area (TPSA) is 119 Å². The SMILES string of the molecule is O=C(O)CN[C@@H]1OC[C@@H](O)[C@H](O)[C@H]1O. The Kier molecular flexibility index (Phi) is 3.78. The summed E-state index contributed by atoms with van der Waals surface area (Å²) in [5.74, 6) is -1.10. The molecule has 14 heavy (non-hydrogen) atoms. The first-order chi connectivity index (χ1) is 6.52. The Labute approximate surface area is 79.9 Å². The van der Waals surface area contributed by atoms with E-state index in [-0.39, 0.29) is 13.2 Å². The van der Waals surface area contributed by atoms with Gasteiger partial charge in [0.15, 0.2) is 0 Å². The Morgan fingerprint density at radius 1 is 1.36 bits per heavy atom. The summed E-state index contributed by atoms with van der Waals surface area (Å²) in [6.07, 6.45) is -4.77. The summed E-state index contributed by atoms with van der Waals surface area (Å²) in [6, 6.07) is 0. The van der Waals surface area contributed by atoms with Crippen LogP contribution in [-0.4, -0.2) is 64.1 Å². The van der Waals surface area contributed by atoms with Crippen LogP contribution in [0, 0.1) is 0 Å². The van der Waals surface area contributed by atoms with Crippen LogP contribution in [-0.2, 0) is 9.53 Å². The Hall–Kier alpha value is -0.730. The zero-order valence-corrected chi connectivity index (χ0v) is 7.33. The molecule has 0 amide bonds. The molecule has 7 nitrogen and oxygen atoms in total. The van der Waals surface area contributed by atoms with Gasteiger partial charge in [-0.25, -0.2) is 0 Å². The van der Waals surface area contributed by atoms with E-state index >= 15 is 0 Å². The van der Waals surface area contributed by atoms with Crippen molar-refractivity contribution in [1.29, 1.82) is 0 Å². The highest BCUT2D eigenvalue weighted by Crippen LogP contribution is 2.13. The van der Waals surface area contributed by atoms with Gasteiger partial charge < -0.3 is 25.2 Å². The van der Waals surface area contributed by atoms with E-state index in [0.29, 0.717) is 0 Å². The summed E-state index contributed by atoms with van der Waals surface area (Å²) in [5.41, 5.74) is 0. The minimum Gasteiger partial charge on any atom is -0.480 e. The lowest BCUT2D eigenvalue weighted by molar-refractivity contribution is -0.195. The maximum Gasteiger partial charge on any atom is 0.317 e. The third-order valence-electron chi connectivity index (χ3n) is 1.96. The average Bonchev–Trinajstić information content (AvgIpc) is 2.13. The van der Waals surface area contributed by atoms with Crippen molar-refractivity contribution < 1.29 is 30.0 Å². The molecule has 0 unspecified atom stereocenters. The van der Waals surface area contributed by atoms with Crippen molar-refractivity contribution in [3.63, 3.8) is 0 Å². The molecule has 1 aliphatic heterocycles. The third kappa shape index (κ3) is 2.63. The third-order valence-corrected chi connectivity index (χ3v) is 1.96. The second kappa shape index (κ2) is 4.67. The average molecular weight is 207 g/mol. The molecule has 0 aromatic rings. The van der Waals surface area contributed by atoms with Gasteiger partial charge in [-0.15, -0.1) is 0 Å². The molecule has 0 saturated carbocycles. The molecule has 7 heteroatoms. The van der Waals surface area contributed by atoms with Crippen molar-refractivity contribution in [3.05, 3.63) is 0 Å². The largest absolute Gasteiger partial charge is 0.480 e. The number of carboxylic acids is 1. The van der Waals surface area contributed by atoms with E-state index in [1.54, 1.807) is 0 Å². The molecule has 4 atom stereocenters. The number of hydrogen-bond acceptors (Lipinski definition) is 6. The van der Waals surface area contributed by atoms with Crippen molar-refractivity contribution in [2.75, 3.05) is 13.2 Å². The Morgan fingerprint density at radius 2 is 2.00 bits per heavy atom. The number of aliphatic carboxylic acids is 1. The second-order valence-corrected chi connectivity index (χ2v) is 3.08. The zero-order valence-electron chi connectivity index (χ0n) is 7.33. The van der Waals surface area contributed by atoms with Gasteiger partial charge in [0.05, 0.1) is 13.2 Å². The molecular formula is C7H13NO6. The highest BCUT2D eigenvalue weighted by atomic mass is 16.5. The maximum absolute atomic E-state index is 10.2. The first-order valence-electron chi connectivity index (χ1n) is 4.13. The van der Waals surface area contributed by atoms with Gasteiger partial charge in [-0.05, 0) is 0 Å². The van der Waals surface area contributed by atoms with Crippen LogP contribution in [0.25, 0.3) is 0 Å². The fraction of sp³-hybridized carbons (Fsp3) is 0.857. The summed E-state index contributed by atoms with van der Waals surface area (Å²) < 4.78 is 4.89. The van der Waals surface area contributed by atoms with Crippen LogP contribution in [0.2, 0.25) is 0 Å². The molecule has 1 saturated heterocycles. The van der Waals surface area contributed by atoms with E-state index in [1.807, 2.05) is 0 Å². The van der Waals surface area contributed by atoms with E-state index < -0.39 is 30.5 Å². The minimum absolute atomic E-state index is 0.143. The van der Waals surface area contributed by atoms with E-state index in [1.165, 1.54) is 0 Å². The number of rotatable bonds is 3. The van der Waals surface area contributed by atoms with Crippen LogP contribution < -0.4 is 5.32 Å². The lowest BCUT2D eigenvalue weighted by atomic mass is 10.0. The standard InChI is InChI=1S/C7H13NO6/c9-3-2-14-7(6(13)5(3)12)8-1-4(10)11/h3,5-9,12-13H,1-2H2,(H,10,11)/t3-,5+,6-,7-/m1/s1. The number of nitrogens with one attached hydrogen (secondary N) is 1. The van der Waals surface area contributed by atoms with E-state index in [4.69, 9.17) is 14.9 Å². The molecule has 1 heterocycles. The van der Waals surface area contributed by atoms with Gasteiger partial charge in [0, 0.05) is 0 Å². The molecule has 5 N–H and O–H groups in total. The highest BCUT2D eigenvalue weighted by Gasteiger charge is 2.37. The van der Waals surface area contributed by atoms with Gasteiger partial charge >= 0.3 is 5.97 Å². The summed E-state index contributed by atoms with van der Waals surface area (Å²) in [6.45, 7) is -0.528. The maximum atomic E-state index is 10.2. The van der Waals surface area contributed by atoms with Crippen LogP contribution in [0.1, 0.15) is 0 Å². The van der Waals surface area contributed by atoms with Gasteiger partial charge in [0.25, 0.3) is 0 Å². The highest BCUT2D eigenvalue weighted by molar-refractivity contribution is 5.69. The number of hydrogen-bond donors (Lipinski definition) is 5. The van der Waals surface area contributed by atoms with E-state index in [2.05, 4.69) is 5.32 Å². The van der Waals surface area contributed by atoms with Crippen LogP contribution in [0.3, 0.4) is 0 Å². The molecule has 0 radical (unpaired) electrons. The van der Waals surface area contributed by atoms with Gasteiger partial charge in [-0.3, -0.25) is 10.1 Å². The monoisotopic (exact) mass is 207 g/mol. The van der Waals surface area contributed by atoms with Crippen molar-refractivity contribution in [2.24, 2.45) is 0 Å². The summed E-state index contributed by atoms with van der Waals surface area (Å²) in [5, 5.41) is 38.3. The summed E-state index contributed by atoms with van der Waals surface area (Å²) in [4.78, 5) is 10.2. The van der Waals surface area contributed by atoms with Crippen LogP contribution in [0.5, 0.6) is 0 Å². The predicted octanol–water partition coefficient (Wildman–Crippen LogP) is -2.90. The Balaban J connectivity index is 2.42. The van der Waals surface area contributed by atoms with Crippen LogP contribution in [0.4, 0.5) is 0 Å². The molecule has 0 spiro atoms. The molecule has 1 aliphatic rings. The van der Waals surface area contributed by atoms with Crippen molar-refractivity contribution in [2.45, 2.75) is 24.5 Å². The number of aliphatic hydroxyl groups excluding tert-OH is 3. The lowest BCUT2D eigenvalue weighted by Crippen LogP contribution is -2.58. The fourth-order valence-electron chi connectivity index (χ4n) is 1.17. The van der Waals surface area contributed by atoms with Crippen molar-refractivity contribution in [3.8, 4) is 0 Å². The first kappa shape index (κ1) is 11.3. The van der Waals surface area contributed by atoms with Gasteiger partial charge in [0.1, 0.15) is 24.5 Å². The lowest BCUT2D eigenvalue weighted by Gasteiger charge is -2.35. The summed E-state index contributed by atoms with van der Waals surface area (Å²) >= 11 is 0. The summed E-state index contributed by atoms with van der Waals surface area (Å²) in [7, 11) is 0. The van der Waals surface area contributed by atoms with Gasteiger partial charge in [0.2, 0.25) is 0 Å². The van der Waals surface area contributed by atoms with Crippen molar-refractivity contribution in [1.82, 2.24) is 5.32 Å². The number of carbonyl (C=O) groups is 1. The van der Waals surface area contributed by atoms with Gasteiger partial charge in [-0.2, -0.15) is 0 Å². The Morgan fingerprint density at radius 3 is 2.57 bits per heavy atom. The molecule has 0 aromatic carbocycles.